The lowest BCUT2D eigenvalue weighted by Gasteiger charge is -2.14. The summed E-state index contributed by atoms with van der Waals surface area (Å²) >= 11 is 0. The van der Waals surface area contributed by atoms with Crippen molar-refractivity contribution in [2.75, 3.05) is 0 Å². The Morgan fingerprint density at radius 1 is 0.482 bits per heavy atom. The predicted molar refractivity (Wildman–Crippen MR) is 235 cm³/mol. The first-order chi connectivity index (χ1) is 27.7. The van der Waals surface area contributed by atoms with Crippen molar-refractivity contribution >= 4 is 27.2 Å². The van der Waals surface area contributed by atoms with Gasteiger partial charge >= 0.3 is 0 Å². The first-order valence-electron chi connectivity index (χ1n) is 19.1. The lowest BCUT2D eigenvalue weighted by molar-refractivity contribution is 1.15. The summed E-state index contributed by atoms with van der Waals surface area (Å²) in [6, 6.07) is 66.0. The quantitative estimate of drug-likeness (QED) is 0.110. The Morgan fingerprint density at radius 3 is 1.88 bits per heavy atom. The van der Waals surface area contributed by atoms with Crippen LogP contribution in [0.4, 0.5) is 0 Å². The molecule has 0 saturated carbocycles. The van der Waals surface area contributed by atoms with Gasteiger partial charge in [0.15, 0.2) is 5.82 Å². The van der Waals surface area contributed by atoms with E-state index in [1.807, 2.05) is 24.3 Å². The number of hydrogen-bond donors (Lipinski definition) is 0. The van der Waals surface area contributed by atoms with Crippen molar-refractivity contribution in [3.63, 3.8) is 0 Å². The highest BCUT2D eigenvalue weighted by Crippen LogP contribution is 2.38. The van der Waals surface area contributed by atoms with E-state index in [1.165, 1.54) is 27.3 Å². The molecule has 0 unspecified atom stereocenters. The predicted octanol–water partition coefficient (Wildman–Crippen LogP) is 13.7. The minimum atomic E-state index is 0.706. The molecule has 2 heterocycles. The standard InChI is InChI=1S/C53H39N3/c1-2-38(24-14-18-37-16-6-3-7-17-37)50-36-51(56-53(55-50)43-22-10-5-11-23-43)42-30-28-39(29-31-42)44-25-15-26-45(34-44)47-35-49(41-20-8-4-9-21-41)54-48-33-32-40-19-12-13-27-46(40)52(47)48/h2-17,19-36H,18H2,1H3/b24-14-,38-2+. The van der Waals surface area contributed by atoms with E-state index in [1.54, 1.807) is 0 Å². The van der Waals surface area contributed by atoms with Crippen molar-refractivity contribution in [1.82, 2.24) is 15.0 Å². The number of benzene rings is 7. The molecule has 2 aromatic heterocycles. The first kappa shape index (κ1) is 34.5. The molecule has 7 aromatic carbocycles. The number of hydrogen-bond acceptors (Lipinski definition) is 3. The highest BCUT2D eigenvalue weighted by atomic mass is 14.9. The van der Waals surface area contributed by atoms with Crippen LogP contribution in [-0.4, -0.2) is 15.0 Å². The molecule has 266 valence electrons. The second-order valence-corrected chi connectivity index (χ2v) is 13.9. The van der Waals surface area contributed by atoms with Crippen LogP contribution in [0, 0.1) is 0 Å². The molecule has 0 saturated heterocycles. The van der Waals surface area contributed by atoms with Gasteiger partial charge in [-0.1, -0.05) is 182 Å². The third-order valence-corrected chi connectivity index (χ3v) is 10.3. The molecule has 0 aliphatic rings. The minimum Gasteiger partial charge on any atom is -0.248 e. The van der Waals surface area contributed by atoms with Gasteiger partial charge < -0.3 is 0 Å². The maximum Gasteiger partial charge on any atom is 0.160 e. The van der Waals surface area contributed by atoms with Gasteiger partial charge in [0, 0.05) is 22.1 Å². The van der Waals surface area contributed by atoms with Crippen LogP contribution in [0.3, 0.4) is 0 Å². The molecule has 0 spiro atoms. The average molecular weight is 718 g/mol. The van der Waals surface area contributed by atoms with Gasteiger partial charge in [-0.25, -0.2) is 15.0 Å². The van der Waals surface area contributed by atoms with Gasteiger partial charge in [0.2, 0.25) is 0 Å². The average Bonchev–Trinajstić information content (AvgIpc) is 3.28. The van der Waals surface area contributed by atoms with Crippen molar-refractivity contribution in [1.29, 1.82) is 0 Å². The highest BCUT2D eigenvalue weighted by Gasteiger charge is 2.15. The monoisotopic (exact) mass is 717 g/mol. The molecular formula is C53H39N3. The Labute approximate surface area is 328 Å². The lowest BCUT2D eigenvalue weighted by Crippen LogP contribution is -1.98. The highest BCUT2D eigenvalue weighted by molar-refractivity contribution is 6.14. The van der Waals surface area contributed by atoms with E-state index in [4.69, 9.17) is 15.0 Å². The van der Waals surface area contributed by atoms with Gasteiger partial charge in [-0.15, -0.1) is 0 Å². The number of pyridine rings is 1. The third-order valence-electron chi connectivity index (χ3n) is 10.3. The first-order valence-corrected chi connectivity index (χ1v) is 19.1. The summed E-state index contributed by atoms with van der Waals surface area (Å²) in [5.74, 6) is 0.706. The van der Waals surface area contributed by atoms with E-state index in [2.05, 4.69) is 189 Å². The summed E-state index contributed by atoms with van der Waals surface area (Å²) in [6.07, 6.45) is 7.35. The normalized spacial score (nSPS) is 11.8. The topological polar surface area (TPSA) is 38.7 Å². The molecule has 0 amide bonds. The van der Waals surface area contributed by atoms with Gasteiger partial charge in [-0.05, 0) is 81.8 Å². The Bertz CT molecular complexity index is 2860. The van der Waals surface area contributed by atoms with Crippen LogP contribution >= 0.6 is 0 Å². The smallest absolute Gasteiger partial charge is 0.160 e. The Balaban J connectivity index is 1.09. The summed E-state index contributed by atoms with van der Waals surface area (Å²) in [4.78, 5) is 15.3. The van der Waals surface area contributed by atoms with Crippen molar-refractivity contribution in [2.45, 2.75) is 13.3 Å². The third kappa shape index (κ3) is 7.19. The van der Waals surface area contributed by atoms with E-state index in [0.29, 0.717) is 5.82 Å². The molecule has 0 aliphatic heterocycles. The fourth-order valence-corrected chi connectivity index (χ4v) is 7.42. The van der Waals surface area contributed by atoms with Crippen LogP contribution in [-0.2, 0) is 6.42 Å². The number of nitrogens with zero attached hydrogens (tertiary/aromatic N) is 3. The van der Waals surface area contributed by atoms with E-state index >= 15 is 0 Å². The molecule has 56 heavy (non-hydrogen) atoms. The fraction of sp³-hybridized carbons (Fsp3) is 0.0377. The SMILES string of the molecule is C/C=C(\C=C/Cc1ccccc1)c1cc(-c2ccc(-c3cccc(-c4cc(-c5ccccc5)nc5ccc6ccccc6c45)c3)cc2)nc(-c2ccccc2)n1. The molecule has 0 atom stereocenters. The van der Waals surface area contributed by atoms with E-state index in [9.17, 15) is 0 Å². The second-order valence-electron chi connectivity index (χ2n) is 13.9. The molecule has 0 N–H and O–H groups in total. The van der Waals surface area contributed by atoms with E-state index in [-0.39, 0.29) is 0 Å². The van der Waals surface area contributed by atoms with Gasteiger partial charge in [0.1, 0.15) is 0 Å². The molecule has 3 heteroatoms. The number of aromatic nitrogens is 3. The van der Waals surface area contributed by atoms with Crippen molar-refractivity contribution in [2.24, 2.45) is 0 Å². The molecule has 3 nitrogen and oxygen atoms in total. The summed E-state index contributed by atoms with van der Waals surface area (Å²) in [5, 5.41) is 3.57. The maximum atomic E-state index is 5.16. The van der Waals surface area contributed by atoms with Gasteiger partial charge in [0.05, 0.1) is 22.6 Å². The minimum absolute atomic E-state index is 0.706. The van der Waals surface area contributed by atoms with Crippen LogP contribution in [0.25, 0.3) is 83.4 Å². The molecular weight excluding hydrogens is 679 g/mol. The van der Waals surface area contributed by atoms with Crippen molar-refractivity contribution in [3.8, 4) is 56.2 Å². The van der Waals surface area contributed by atoms with Crippen LogP contribution in [0.5, 0.6) is 0 Å². The van der Waals surface area contributed by atoms with E-state index < -0.39 is 0 Å². The van der Waals surface area contributed by atoms with Gasteiger partial charge in [-0.2, -0.15) is 0 Å². The van der Waals surface area contributed by atoms with Crippen LogP contribution in [0.2, 0.25) is 0 Å². The zero-order chi connectivity index (χ0) is 37.7. The lowest BCUT2D eigenvalue weighted by atomic mass is 9.92. The Kier molecular flexibility index (Phi) is 9.64. The summed E-state index contributed by atoms with van der Waals surface area (Å²) in [6.45, 7) is 2.06. The Morgan fingerprint density at radius 2 is 1.11 bits per heavy atom. The van der Waals surface area contributed by atoms with Gasteiger partial charge in [0.25, 0.3) is 0 Å². The summed E-state index contributed by atoms with van der Waals surface area (Å²) in [5.41, 5.74) is 13.8. The number of fused-ring (bicyclic) bond motifs is 3. The van der Waals surface area contributed by atoms with Crippen LogP contribution in [0.1, 0.15) is 18.2 Å². The summed E-state index contributed by atoms with van der Waals surface area (Å²) in [7, 11) is 0. The van der Waals surface area contributed by atoms with E-state index in [0.717, 1.165) is 68.0 Å². The zero-order valence-corrected chi connectivity index (χ0v) is 31.2. The molecule has 0 radical (unpaired) electrons. The number of allylic oxidation sites excluding steroid dienone is 4. The summed E-state index contributed by atoms with van der Waals surface area (Å²) < 4.78 is 0. The maximum absolute atomic E-state index is 5.16. The zero-order valence-electron chi connectivity index (χ0n) is 31.2. The molecule has 9 aromatic rings. The molecule has 0 bridgehead atoms. The molecule has 0 aliphatic carbocycles. The van der Waals surface area contributed by atoms with Crippen LogP contribution < -0.4 is 0 Å². The van der Waals surface area contributed by atoms with Gasteiger partial charge in [-0.3, -0.25) is 0 Å². The largest absolute Gasteiger partial charge is 0.248 e. The fourth-order valence-electron chi connectivity index (χ4n) is 7.42. The second kappa shape index (κ2) is 15.6. The van der Waals surface area contributed by atoms with Crippen LogP contribution in [0.15, 0.2) is 206 Å². The van der Waals surface area contributed by atoms with Crippen molar-refractivity contribution in [3.05, 3.63) is 218 Å². The Hall–Kier alpha value is -7.23. The molecule has 9 rings (SSSR count). The number of rotatable bonds is 9. The molecule has 0 fully saturated rings. The van der Waals surface area contributed by atoms with Crippen molar-refractivity contribution < 1.29 is 0 Å².